The summed E-state index contributed by atoms with van der Waals surface area (Å²) in [6, 6.07) is 19.1. The summed E-state index contributed by atoms with van der Waals surface area (Å²) in [7, 11) is 2.14. The van der Waals surface area contributed by atoms with Crippen LogP contribution in [0.4, 0.5) is 5.69 Å². The van der Waals surface area contributed by atoms with E-state index in [2.05, 4.69) is 78.8 Å². The summed E-state index contributed by atoms with van der Waals surface area (Å²) in [5, 5.41) is 3.48. The van der Waals surface area contributed by atoms with Gasteiger partial charge in [-0.15, -0.1) is 0 Å². The number of rotatable bonds is 6. The van der Waals surface area contributed by atoms with Crippen molar-refractivity contribution in [3.8, 4) is 0 Å². The zero-order valence-electron chi connectivity index (χ0n) is 11.8. The maximum atomic E-state index is 3.48. The van der Waals surface area contributed by atoms with Crippen LogP contribution in [-0.2, 0) is 6.54 Å². The van der Waals surface area contributed by atoms with Crippen molar-refractivity contribution in [3.63, 3.8) is 0 Å². The SMILES string of the molecule is Cc1cccc(N(C)CCNCc2ccccc2)c1. The molecule has 0 saturated carbocycles. The van der Waals surface area contributed by atoms with Gasteiger partial charge >= 0.3 is 0 Å². The van der Waals surface area contributed by atoms with Crippen molar-refractivity contribution in [2.45, 2.75) is 13.5 Å². The van der Waals surface area contributed by atoms with Crippen LogP contribution in [0.2, 0.25) is 0 Å². The highest BCUT2D eigenvalue weighted by molar-refractivity contribution is 5.47. The molecule has 2 rings (SSSR count). The highest BCUT2D eigenvalue weighted by Gasteiger charge is 2.00. The van der Waals surface area contributed by atoms with Gasteiger partial charge in [0.05, 0.1) is 0 Å². The van der Waals surface area contributed by atoms with E-state index in [0.29, 0.717) is 0 Å². The maximum absolute atomic E-state index is 3.48. The molecular weight excluding hydrogens is 232 g/mol. The molecule has 0 fully saturated rings. The summed E-state index contributed by atoms with van der Waals surface area (Å²) in [6.45, 7) is 5.06. The Morgan fingerprint density at radius 1 is 1.00 bits per heavy atom. The van der Waals surface area contributed by atoms with E-state index < -0.39 is 0 Å². The Morgan fingerprint density at radius 2 is 1.79 bits per heavy atom. The largest absolute Gasteiger partial charge is 0.373 e. The number of nitrogens with zero attached hydrogens (tertiary/aromatic N) is 1. The van der Waals surface area contributed by atoms with E-state index >= 15 is 0 Å². The van der Waals surface area contributed by atoms with Crippen molar-refractivity contribution in [2.75, 3.05) is 25.0 Å². The van der Waals surface area contributed by atoms with Crippen molar-refractivity contribution in [1.82, 2.24) is 5.32 Å². The van der Waals surface area contributed by atoms with E-state index in [1.165, 1.54) is 16.8 Å². The Labute approximate surface area is 116 Å². The molecule has 19 heavy (non-hydrogen) atoms. The summed E-state index contributed by atoms with van der Waals surface area (Å²) in [5.41, 5.74) is 3.92. The molecule has 0 atom stereocenters. The molecule has 0 aliphatic rings. The molecule has 100 valence electrons. The predicted molar refractivity (Wildman–Crippen MR) is 82.6 cm³/mol. The number of nitrogens with one attached hydrogen (secondary N) is 1. The van der Waals surface area contributed by atoms with Gasteiger partial charge in [-0.25, -0.2) is 0 Å². The van der Waals surface area contributed by atoms with E-state index in [9.17, 15) is 0 Å². The first-order valence-electron chi connectivity index (χ1n) is 6.78. The standard InChI is InChI=1S/C17H22N2/c1-15-7-6-10-17(13-15)19(2)12-11-18-14-16-8-4-3-5-9-16/h3-10,13,18H,11-12,14H2,1-2H3. The van der Waals surface area contributed by atoms with Crippen LogP contribution in [0, 0.1) is 6.92 Å². The van der Waals surface area contributed by atoms with Crippen LogP contribution in [0.15, 0.2) is 54.6 Å². The molecule has 0 saturated heterocycles. The molecule has 0 amide bonds. The van der Waals surface area contributed by atoms with Gasteiger partial charge in [0.2, 0.25) is 0 Å². The quantitative estimate of drug-likeness (QED) is 0.796. The van der Waals surface area contributed by atoms with Crippen LogP contribution in [0.3, 0.4) is 0 Å². The molecular formula is C17H22N2. The third-order valence-electron chi connectivity index (χ3n) is 3.24. The highest BCUT2D eigenvalue weighted by atomic mass is 15.1. The van der Waals surface area contributed by atoms with Crippen molar-refractivity contribution < 1.29 is 0 Å². The Kier molecular flexibility index (Phi) is 4.99. The highest BCUT2D eigenvalue weighted by Crippen LogP contribution is 2.13. The normalized spacial score (nSPS) is 10.4. The minimum Gasteiger partial charge on any atom is -0.373 e. The van der Waals surface area contributed by atoms with Crippen LogP contribution in [0.25, 0.3) is 0 Å². The first-order valence-corrected chi connectivity index (χ1v) is 6.78. The lowest BCUT2D eigenvalue weighted by Crippen LogP contribution is -2.28. The smallest absolute Gasteiger partial charge is 0.0366 e. The van der Waals surface area contributed by atoms with Gasteiger partial charge in [0, 0.05) is 32.4 Å². The van der Waals surface area contributed by atoms with E-state index in [4.69, 9.17) is 0 Å². The number of likely N-dealkylation sites (N-methyl/N-ethyl adjacent to an activating group) is 1. The van der Waals surface area contributed by atoms with E-state index in [-0.39, 0.29) is 0 Å². The molecule has 0 heterocycles. The molecule has 0 radical (unpaired) electrons. The minimum absolute atomic E-state index is 0.933. The fourth-order valence-electron chi connectivity index (χ4n) is 2.07. The topological polar surface area (TPSA) is 15.3 Å². The summed E-state index contributed by atoms with van der Waals surface area (Å²) >= 11 is 0. The zero-order valence-corrected chi connectivity index (χ0v) is 11.8. The van der Waals surface area contributed by atoms with Gasteiger partial charge in [0.25, 0.3) is 0 Å². The van der Waals surface area contributed by atoms with Gasteiger partial charge in [-0.3, -0.25) is 0 Å². The third kappa shape index (κ3) is 4.42. The van der Waals surface area contributed by atoms with Gasteiger partial charge in [-0.05, 0) is 30.2 Å². The fourth-order valence-corrected chi connectivity index (χ4v) is 2.07. The third-order valence-corrected chi connectivity index (χ3v) is 3.24. The summed E-state index contributed by atoms with van der Waals surface area (Å²) in [6.07, 6.45) is 0. The molecule has 1 N–H and O–H groups in total. The molecule has 2 nitrogen and oxygen atoms in total. The van der Waals surface area contributed by atoms with E-state index in [0.717, 1.165) is 19.6 Å². The van der Waals surface area contributed by atoms with Gasteiger partial charge in [-0.2, -0.15) is 0 Å². The first-order chi connectivity index (χ1) is 9.25. The average Bonchev–Trinajstić information content (AvgIpc) is 2.44. The Balaban J connectivity index is 1.74. The number of hydrogen-bond donors (Lipinski definition) is 1. The molecule has 0 aliphatic carbocycles. The number of aryl methyl sites for hydroxylation is 1. The van der Waals surface area contributed by atoms with Gasteiger partial charge < -0.3 is 10.2 Å². The zero-order chi connectivity index (χ0) is 13.5. The van der Waals surface area contributed by atoms with Crippen molar-refractivity contribution >= 4 is 5.69 Å². The van der Waals surface area contributed by atoms with E-state index in [1.807, 2.05) is 0 Å². The molecule has 0 bridgehead atoms. The number of hydrogen-bond acceptors (Lipinski definition) is 2. The maximum Gasteiger partial charge on any atom is 0.0366 e. The van der Waals surface area contributed by atoms with Crippen molar-refractivity contribution in [1.29, 1.82) is 0 Å². The second-order valence-corrected chi connectivity index (χ2v) is 4.92. The minimum atomic E-state index is 0.933. The average molecular weight is 254 g/mol. The lowest BCUT2D eigenvalue weighted by molar-refractivity contribution is 0.679. The van der Waals surface area contributed by atoms with Crippen molar-refractivity contribution in [2.24, 2.45) is 0 Å². The molecule has 2 aromatic carbocycles. The number of benzene rings is 2. The van der Waals surface area contributed by atoms with Crippen LogP contribution >= 0.6 is 0 Å². The predicted octanol–water partition coefficient (Wildman–Crippen LogP) is 3.22. The Morgan fingerprint density at radius 3 is 2.53 bits per heavy atom. The van der Waals surface area contributed by atoms with E-state index in [1.54, 1.807) is 0 Å². The summed E-state index contributed by atoms with van der Waals surface area (Å²) in [4.78, 5) is 2.28. The van der Waals surface area contributed by atoms with Crippen LogP contribution in [0.1, 0.15) is 11.1 Å². The molecule has 2 heteroatoms. The monoisotopic (exact) mass is 254 g/mol. The lowest BCUT2D eigenvalue weighted by atomic mass is 10.2. The molecule has 0 spiro atoms. The van der Waals surface area contributed by atoms with Crippen LogP contribution in [-0.4, -0.2) is 20.1 Å². The van der Waals surface area contributed by atoms with Crippen LogP contribution in [0.5, 0.6) is 0 Å². The van der Waals surface area contributed by atoms with Crippen LogP contribution < -0.4 is 10.2 Å². The lowest BCUT2D eigenvalue weighted by Gasteiger charge is -2.20. The summed E-state index contributed by atoms with van der Waals surface area (Å²) < 4.78 is 0. The number of anilines is 1. The molecule has 0 aromatic heterocycles. The Hall–Kier alpha value is -1.80. The molecule has 0 unspecified atom stereocenters. The Bertz CT molecular complexity index is 494. The molecule has 0 aliphatic heterocycles. The first kappa shape index (κ1) is 13.6. The van der Waals surface area contributed by atoms with Crippen molar-refractivity contribution in [3.05, 3.63) is 65.7 Å². The fraction of sp³-hybridized carbons (Fsp3) is 0.294. The van der Waals surface area contributed by atoms with Gasteiger partial charge in [-0.1, -0.05) is 42.5 Å². The van der Waals surface area contributed by atoms with Gasteiger partial charge in [0.1, 0.15) is 0 Å². The second-order valence-electron chi connectivity index (χ2n) is 4.92. The second kappa shape index (κ2) is 6.95. The summed E-state index contributed by atoms with van der Waals surface area (Å²) in [5.74, 6) is 0. The molecule has 2 aromatic rings. The van der Waals surface area contributed by atoms with Gasteiger partial charge in [0.15, 0.2) is 0 Å².